The smallest absolute Gasteiger partial charge is 0.0433 e. The Morgan fingerprint density at radius 3 is 2.57 bits per heavy atom. The third-order valence-electron chi connectivity index (χ3n) is 6.37. The van der Waals surface area contributed by atoms with Crippen LogP contribution in [0.15, 0.2) is 28.7 Å². The molecule has 0 aromatic heterocycles. The van der Waals surface area contributed by atoms with Crippen molar-refractivity contribution in [3.8, 4) is 0 Å². The predicted molar refractivity (Wildman–Crippen MR) is 92.7 cm³/mol. The van der Waals surface area contributed by atoms with E-state index in [1.54, 1.807) is 0 Å². The summed E-state index contributed by atoms with van der Waals surface area (Å²) in [5, 5.41) is 0.303. The molecule has 5 rings (SSSR count). The van der Waals surface area contributed by atoms with Gasteiger partial charge in [0, 0.05) is 9.85 Å². The van der Waals surface area contributed by atoms with E-state index in [1.807, 2.05) is 0 Å². The lowest BCUT2D eigenvalue weighted by atomic mass is 9.44. The summed E-state index contributed by atoms with van der Waals surface area (Å²) in [5.74, 6) is 1.92. The second-order valence-corrected chi connectivity index (χ2v) is 9.88. The quantitative estimate of drug-likeness (QED) is 0.557. The van der Waals surface area contributed by atoms with Gasteiger partial charge in [-0.15, -0.1) is 11.6 Å². The number of hydrogen-bond acceptors (Lipinski definition) is 0. The highest BCUT2D eigenvalue weighted by molar-refractivity contribution is 9.10. The molecule has 4 aliphatic carbocycles. The molecule has 1 aromatic rings. The van der Waals surface area contributed by atoms with Gasteiger partial charge >= 0.3 is 0 Å². The molecule has 0 heterocycles. The van der Waals surface area contributed by atoms with E-state index in [2.05, 4.69) is 47.1 Å². The fraction of sp³-hybridized carbons (Fsp3) is 0.684. The Morgan fingerprint density at radius 2 is 1.95 bits per heavy atom. The molecule has 0 nitrogen and oxygen atoms in total. The highest BCUT2D eigenvalue weighted by atomic mass is 79.9. The van der Waals surface area contributed by atoms with Crippen LogP contribution in [0.1, 0.15) is 51.0 Å². The second-order valence-electron chi connectivity index (χ2n) is 8.44. The van der Waals surface area contributed by atoms with Crippen LogP contribution in [0, 0.1) is 22.7 Å². The van der Waals surface area contributed by atoms with Gasteiger partial charge in [0.25, 0.3) is 0 Å². The van der Waals surface area contributed by atoms with Gasteiger partial charge in [0.2, 0.25) is 0 Å². The summed E-state index contributed by atoms with van der Waals surface area (Å²) < 4.78 is 1.17. The van der Waals surface area contributed by atoms with E-state index < -0.39 is 0 Å². The lowest BCUT2D eigenvalue weighted by Crippen LogP contribution is -2.54. The average molecular weight is 368 g/mol. The predicted octanol–water partition coefficient (Wildman–Crippen LogP) is 6.21. The van der Waals surface area contributed by atoms with Gasteiger partial charge in [0.1, 0.15) is 0 Å². The Kier molecular flexibility index (Phi) is 3.47. The van der Waals surface area contributed by atoms with Crippen molar-refractivity contribution in [1.82, 2.24) is 0 Å². The molecular formula is C19H24BrCl. The van der Waals surface area contributed by atoms with Gasteiger partial charge in [-0.05, 0) is 85.3 Å². The minimum Gasteiger partial charge on any atom is -0.122 e. The van der Waals surface area contributed by atoms with E-state index in [0.717, 1.165) is 18.3 Å². The standard InChI is InChI=1S/C19H24BrCl/c1-18-8-14-5-15(9-18)11-19(10-14,12-18)17(21)7-13-3-2-4-16(20)6-13/h2-4,6,14-15,17H,5,7-12H2,1H3. The van der Waals surface area contributed by atoms with E-state index >= 15 is 0 Å². The molecule has 0 N–H and O–H groups in total. The van der Waals surface area contributed by atoms with Gasteiger partial charge in [-0.2, -0.15) is 0 Å². The Hall–Kier alpha value is -0.0100. The summed E-state index contributed by atoms with van der Waals surface area (Å²) in [6.45, 7) is 2.53. The van der Waals surface area contributed by atoms with E-state index in [1.165, 1.54) is 48.6 Å². The van der Waals surface area contributed by atoms with Crippen LogP contribution in [0.25, 0.3) is 0 Å². The molecule has 0 amide bonds. The minimum atomic E-state index is 0.303. The molecule has 4 aliphatic rings. The molecule has 0 radical (unpaired) electrons. The number of benzene rings is 1. The molecule has 2 heteroatoms. The van der Waals surface area contributed by atoms with Crippen LogP contribution in [0.5, 0.6) is 0 Å². The first-order valence-electron chi connectivity index (χ1n) is 8.35. The number of rotatable bonds is 3. The van der Waals surface area contributed by atoms with Crippen molar-refractivity contribution in [1.29, 1.82) is 0 Å². The summed E-state index contributed by atoms with van der Waals surface area (Å²) in [7, 11) is 0. The molecule has 0 spiro atoms. The first kappa shape index (κ1) is 14.6. The molecule has 0 saturated heterocycles. The highest BCUT2D eigenvalue weighted by Gasteiger charge is 2.57. The van der Waals surface area contributed by atoms with Crippen molar-refractivity contribution in [3.63, 3.8) is 0 Å². The summed E-state index contributed by atoms with van der Waals surface area (Å²) >= 11 is 10.6. The maximum atomic E-state index is 7.04. The Labute approximate surface area is 141 Å². The molecule has 3 unspecified atom stereocenters. The molecule has 0 aliphatic heterocycles. The third kappa shape index (κ3) is 2.59. The fourth-order valence-electron chi connectivity index (χ4n) is 6.25. The maximum absolute atomic E-state index is 7.04. The van der Waals surface area contributed by atoms with E-state index in [4.69, 9.17) is 11.6 Å². The lowest BCUT2D eigenvalue weighted by Gasteiger charge is -2.62. The normalized spacial score (nSPS) is 42.2. The molecule has 114 valence electrons. The number of alkyl halides is 1. The first-order valence-corrected chi connectivity index (χ1v) is 9.58. The zero-order valence-corrected chi connectivity index (χ0v) is 15.1. The minimum absolute atomic E-state index is 0.303. The Morgan fingerprint density at radius 1 is 1.24 bits per heavy atom. The summed E-state index contributed by atoms with van der Waals surface area (Å²) in [6.07, 6.45) is 9.59. The fourth-order valence-corrected chi connectivity index (χ4v) is 7.13. The first-order chi connectivity index (χ1) is 9.96. The third-order valence-corrected chi connectivity index (χ3v) is 7.48. The number of halogens is 2. The van der Waals surface area contributed by atoms with Crippen LogP contribution in [-0.4, -0.2) is 5.38 Å². The lowest BCUT2D eigenvalue weighted by molar-refractivity contribution is -0.103. The van der Waals surface area contributed by atoms with Crippen LogP contribution in [-0.2, 0) is 6.42 Å². The van der Waals surface area contributed by atoms with E-state index in [0.29, 0.717) is 16.2 Å². The maximum Gasteiger partial charge on any atom is 0.0433 e. The monoisotopic (exact) mass is 366 g/mol. The van der Waals surface area contributed by atoms with E-state index in [-0.39, 0.29) is 0 Å². The van der Waals surface area contributed by atoms with Crippen molar-refractivity contribution in [2.45, 2.75) is 57.2 Å². The van der Waals surface area contributed by atoms with E-state index in [9.17, 15) is 0 Å². The second kappa shape index (κ2) is 4.99. The topological polar surface area (TPSA) is 0 Å². The summed E-state index contributed by atoms with van der Waals surface area (Å²) in [5.41, 5.74) is 2.39. The molecule has 4 saturated carbocycles. The number of hydrogen-bond donors (Lipinski definition) is 0. The van der Waals surface area contributed by atoms with Crippen LogP contribution >= 0.6 is 27.5 Å². The summed E-state index contributed by atoms with van der Waals surface area (Å²) in [6, 6.07) is 8.68. The molecular weight excluding hydrogens is 344 g/mol. The molecule has 21 heavy (non-hydrogen) atoms. The van der Waals surface area contributed by atoms with Crippen molar-refractivity contribution >= 4 is 27.5 Å². The Balaban J connectivity index is 1.57. The highest BCUT2D eigenvalue weighted by Crippen LogP contribution is 2.67. The largest absolute Gasteiger partial charge is 0.122 e. The van der Waals surface area contributed by atoms with Gasteiger partial charge in [-0.25, -0.2) is 0 Å². The van der Waals surface area contributed by atoms with Crippen molar-refractivity contribution in [2.24, 2.45) is 22.7 Å². The van der Waals surface area contributed by atoms with Gasteiger partial charge in [-0.1, -0.05) is 35.0 Å². The SMILES string of the molecule is CC12CC3CC(C1)CC(C(Cl)Cc1cccc(Br)c1)(C3)C2. The van der Waals surface area contributed by atoms with Crippen molar-refractivity contribution in [3.05, 3.63) is 34.3 Å². The van der Waals surface area contributed by atoms with Crippen LogP contribution in [0.4, 0.5) is 0 Å². The van der Waals surface area contributed by atoms with Crippen molar-refractivity contribution < 1.29 is 0 Å². The Bertz CT molecular complexity index is 538. The van der Waals surface area contributed by atoms with Gasteiger partial charge in [0.05, 0.1) is 0 Å². The molecule has 1 aromatic carbocycles. The van der Waals surface area contributed by atoms with Crippen LogP contribution in [0.3, 0.4) is 0 Å². The van der Waals surface area contributed by atoms with Gasteiger partial charge < -0.3 is 0 Å². The van der Waals surface area contributed by atoms with Gasteiger partial charge in [-0.3, -0.25) is 0 Å². The molecule has 3 atom stereocenters. The van der Waals surface area contributed by atoms with Crippen LogP contribution in [0.2, 0.25) is 0 Å². The van der Waals surface area contributed by atoms with Crippen molar-refractivity contribution in [2.75, 3.05) is 0 Å². The zero-order valence-electron chi connectivity index (χ0n) is 12.7. The van der Waals surface area contributed by atoms with Gasteiger partial charge in [0.15, 0.2) is 0 Å². The zero-order chi connectivity index (χ0) is 14.7. The molecule has 4 fully saturated rings. The average Bonchev–Trinajstić information content (AvgIpc) is 2.35. The summed E-state index contributed by atoms with van der Waals surface area (Å²) in [4.78, 5) is 0. The van der Waals surface area contributed by atoms with Crippen LogP contribution < -0.4 is 0 Å². The molecule has 4 bridgehead atoms.